The standard InChI is InChI=1S/C14H21N3O2/c1-14(2,5-6-15)16-8-10-3-4-12-11(7-10)17-13(18)9-19-12/h3-4,7,16H,5-6,8-9,15H2,1-2H3,(H,17,18). The Morgan fingerprint density at radius 1 is 1.47 bits per heavy atom. The van der Waals surface area contributed by atoms with Gasteiger partial charge >= 0.3 is 0 Å². The summed E-state index contributed by atoms with van der Waals surface area (Å²) in [5.74, 6) is 0.616. The molecule has 1 heterocycles. The van der Waals surface area contributed by atoms with Gasteiger partial charge in [0.1, 0.15) is 5.75 Å². The Labute approximate surface area is 113 Å². The van der Waals surface area contributed by atoms with E-state index in [4.69, 9.17) is 10.5 Å². The van der Waals surface area contributed by atoms with Gasteiger partial charge in [-0.25, -0.2) is 0 Å². The molecular formula is C14H21N3O2. The summed E-state index contributed by atoms with van der Waals surface area (Å²) in [6.07, 6.45) is 0.914. The maximum atomic E-state index is 11.3. The molecule has 4 N–H and O–H groups in total. The zero-order chi connectivity index (χ0) is 13.9. The molecule has 1 aliphatic rings. The summed E-state index contributed by atoms with van der Waals surface area (Å²) < 4.78 is 5.33. The Morgan fingerprint density at radius 2 is 2.26 bits per heavy atom. The van der Waals surface area contributed by atoms with E-state index in [9.17, 15) is 4.79 Å². The Morgan fingerprint density at radius 3 is 3.00 bits per heavy atom. The van der Waals surface area contributed by atoms with E-state index in [1.807, 2.05) is 18.2 Å². The van der Waals surface area contributed by atoms with E-state index >= 15 is 0 Å². The van der Waals surface area contributed by atoms with Gasteiger partial charge < -0.3 is 21.1 Å². The fourth-order valence-corrected chi connectivity index (χ4v) is 2.03. The van der Waals surface area contributed by atoms with E-state index in [2.05, 4.69) is 24.5 Å². The first-order valence-corrected chi connectivity index (χ1v) is 6.51. The molecule has 1 amide bonds. The molecule has 0 fully saturated rings. The van der Waals surface area contributed by atoms with E-state index < -0.39 is 0 Å². The van der Waals surface area contributed by atoms with Crippen molar-refractivity contribution in [1.29, 1.82) is 0 Å². The fourth-order valence-electron chi connectivity index (χ4n) is 2.03. The van der Waals surface area contributed by atoms with Crippen LogP contribution in [0.15, 0.2) is 18.2 Å². The Kier molecular flexibility index (Phi) is 4.07. The molecule has 0 saturated carbocycles. The Balaban J connectivity index is 2.02. The van der Waals surface area contributed by atoms with Gasteiger partial charge in [0.2, 0.25) is 0 Å². The number of ether oxygens (including phenoxy) is 1. The Hall–Kier alpha value is -1.59. The van der Waals surface area contributed by atoms with Gasteiger partial charge in [-0.1, -0.05) is 6.07 Å². The lowest BCUT2D eigenvalue weighted by Crippen LogP contribution is -2.40. The SMILES string of the molecule is CC(C)(CCN)NCc1ccc2c(c1)NC(=O)CO2. The largest absolute Gasteiger partial charge is 0.482 e. The highest BCUT2D eigenvalue weighted by molar-refractivity contribution is 5.95. The number of rotatable bonds is 5. The van der Waals surface area contributed by atoms with Gasteiger partial charge in [0.25, 0.3) is 5.91 Å². The lowest BCUT2D eigenvalue weighted by molar-refractivity contribution is -0.118. The molecule has 0 radical (unpaired) electrons. The maximum Gasteiger partial charge on any atom is 0.262 e. The number of nitrogens with two attached hydrogens (primary N) is 1. The number of fused-ring (bicyclic) bond motifs is 1. The molecule has 0 aromatic heterocycles. The van der Waals surface area contributed by atoms with Crippen LogP contribution in [0.4, 0.5) is 5.69 Å². The van der Waals surface area contributed by atoms with Crippen LogP contribution in [0.3, 0.4) is 0 Å². The van der Waals surface area contributed by atoms with Gasteiger partial charge in [-0.05, 0) is 44.5 Å². The number of carbonyl (C=O) groups excluding carboxylic acids is 1. The smallest absolute Gasteiger partial charge is 0.262 e. The summed E-state index contributed by atoms with van der Waals surface area (Å²) in [6.45, 7) is 5.74. The number of hydrogen-bond acceptors (Lipinski definition) is 4. The lowest BCUT2D eigenvalue weighted by atomic mass is 10.0. The summed E-state index contributed by atoms with van der Waals surface area (Å²) in [4.78, 5) is 11.3. The van der Waals surface area contributed by atoms with Crippen molar-refractivity contribution in [2.24, 2.45) is 5.73 Å². The number of benzene rings is 1. The minimum absolute atomic E-state index is 0.00437. The maximum absolute atomic E-state index is 11.3. The van der Waals surface area contributed by atoms with Crippen molar-refractivity contribution in [3.05, 3.63) is 23.8 Å². The lowest BCUT2D eigenvalue weighted by Gasteiger charge is -2.26. The van der Waals surface area contributed by atoms with Crippen LogP contribution in [0.2, 0.25) is 0 Å². The molecule has 0 spiro atoms. The van der Waals surface area contributed by atoms with Crippen LogP contribution < -0.4 is 21.1 Å². The highest BCUT2D eigenvalue weighted by Gasteiger charge is 2.18. The van der Waals surface area contributed by atoms with Gasteiger partial charge in [-0.3, -0.25) is 4.79 Å². The summed E-state index contributed by atoms with van der Waals surface area (Å²) in [5.41, 5.74) is 7.44. The quantitative estimate of drug-likeness (QED) is 0.747. The predicted molar refractivity (Wildman–Crippen MR) is 75.2 cm³/mol. The average Bonchev–Trinajstić information content (AvgIpc) is 2.36. The zero-order valence-electron chi connectivity index (χ0n) is 11.5. The normalized spacial score (nSPS) is 14.6. The van der Waals surface area contributed by atoms with Crippen molar-refractivity contribution < 1.29 is 9.53 Å². The molecular weight excluding hydrogens is 242 g/mol. The number of carbonyl (C=O) groups is 1. The fraction of sp³-hybridized carbons (Fsp3) is 0.500. The first kappa shape index (κ1) is 13.8. The first-order chi connectivity index (χ1) is 9.00. The molecule has 0 saturated heterocycles. The van der Waals surface area contributed by atoms with E-state index in [1.165, 1.54) is 0 Å². The molecule has 1 aliphatic heterocycles. The molecule has 0 aliphatic carbocycles. The number of hydrogen-bond donors (Lipinski definition) is 3. The predicted octanol–water partition coefficient (Wildman–Crippen LogP) is 1.23. The van der Waals surface area contributed by atoms with E-state index in [-0.39, 0.29) is 18.1 Å². The molecule has 0 bridgehead atoms. The minimum atomic E-state index is -0.110. The number of anilines is 1. The summed E-state index contributed by atoms with van der Waals surface area (Å²) in [5, 5.41) is 6.27. The number of nitrogens with one attached hydrogen (secondary N) is 2. The third-order valence-corrected chi connectivity index (χ3v) is 3.22. The van der Waals surface area contributed by atoms with Gasteiger partial charge in [0.15, 0.2) is 6.61 Å². The van der Waals surface area contributed by atoms with Crippen LogP contribution in [0.5, 0.6) is 5.75 Å². The topological polar surface area (TPSA) is 76.4 Å². The summed E-state index contributed by atoms with van der Waals surface area (Å²) in [7, 11) is 0. The highest BCUT2D eigenvalue weighted by atomic mass is 16.5. The van der Waals surface area contributed by atoms with Gasteiger partial charge in [0.05, 0.1) is 5.69 Å². The van der Waals surface area contributed by atoms with Crippen LogP contribution in [0, 0.1) is 0 Å². The monoisotopic (exact) mass is 263 g/mol. The van der Waals surface area contributed by atoms with Gasteiger partial charge in [0, 0.05) is 12.1 Å². The second kappa shape index (κ2) is 5.59. The van der Waals surface area contributed by atoms with Crippen LogP contribution in [0.25, 0.3) is 0 Å². The number of amides is 1. The Bertz CT molecular complexity index is 472. The van der Waals surface area contributed by atoms with Crippen molar-refractivity contribution in [3.8, 4) is 5.75 Å². The van der Waals surface area contributed by atoms with Crippen LogP contribution in [-0.4, -0.2) is 24.6 Å². The van der Waals surface area contributed by atoms with Gasteiger partial charge in [-0.15, -0.1) is 0 Å². The zero-order valence-corrected chi connectivity index (χ0v) is 11.5. The van der Waals surface area contributed by atoms with E-state index in [1.54, 1.807) is 0 Å². The van der Waals surface area contributed by atoms with Crippen molar-refractivity contribution in [3.63, 3.8) is 0 Å². The molecule has 104 valence electrons. The molecule has 1 aromatic carbocycles. The molecule has 5 heteroatoms. The van der Waals surface area contributed by atoms with E-state index in [0.717, 1.165) is 30.0 Å². The molecule has 2 rings (SSSR count). The van der Waals surface area contributed by atoms with Crippen molar-refractivity contribution >= 4 is 11.6 Å². The van der Waals surface area contributed by atoms with Crippen LogP contribution in [0.1, 0.15) is 25.8 Å². The van der Waals surface area contributed by atoms with Crippen molar-refractivity contribution in [2.45, 2.75) is 32.4 Å². The molecule has 5 nitrogen and oxygen atoms in total. The van der Waals surface area contributed by atoms with Crippen LogP contribution >= 0.6 is 0 Å². The molecule has 0 unspecified atom stereocenters. The van der Waals surface area contributed by atoms with Gasteiger partial charge in [-0.2, -0.15) is 0 Å². The average molecular weight is 263 g/mol. The minimum Gasteiger partial charge on any atom is -0.482 e. The van der Waals surface area contributed by atoms with E-state index in [0.29, 0.717) is 6.54 Å². The summed E-state index contributed by atoms with van der Waals surface area (Å²) >= 11 is 0. The highest BCUT2D eigenvalue weighted by Crippen LogP contribution is 2.28. The van der Waals surface area contributed by atoms with Crippen LogP contribution in [-0.2, 0) is 11.3 Å². The third kappa shape index (κ3) is 3.68. The third-order valence-electron chi connectivity index (χ3n) is 3.22. The first-order valence-electron chi connectivity index (χ1n) is 6.51. The second-order valence-electron chi connectivity index (χ2n) is 5.44. The molecule has 0 atom stereocenters. The summed E-state index contributed by atoms with van der Waals surface area (Å²) in [6, 6.07) is 5.83. The van der Waals surface area contributed by atoms with Crippen molar-refractivity contribution in [2.75, 3.05) is 18.5 Å². The molecule has 1 aromatic rings. The van der Waals surface area contributed by atoms with Crippen molar-refractivity contribution in [1.82, 2.24) is 5.32 Å². The molecule has 19 heavy (non-hydrogen) atoms. The second-order valence-corrected chi connectivity index (χ2v) is 5.44.